The molecular formula is C45H52N6O10S. The fourth-order valence-electron chi connectivity index (χ4n) is 8.98. The summed E-state index contributed by atoms with van der Waals surface area (Å²) in [6.07, 6.45) is 9.79. The van der Waals surface area contributed by atoms with Gasteiger partial charge in [-0.15, -0.1) is 0 Å². The first-order chi connectivity index (χ1) is 30.0. The number of rotatable bonds is 10. The van der Waals surface area contributed by atoms with Gasteiger partial charge in [-0.25, -0.2) is 18.2 Å². The summed E-state index contributed by atoms with van der Waals surface area (Å²) in [6, 6.07) is 12.6. The molecule has 0 spiro atoms. The molecule has 3 saturated carbocycles. The van der Waals surface area contributed by atoms with Crippen molar-refractivity contribution in [2.75, 3.05) is 13.2 Å². The van der Waals surface area contributed by atoms with Gasteiger partial charge in [0.2, 0.25) is 27.4 Å². The van der Waals surface area contributed by atoms with Crippen molar-refractivity contribution in [1.29, 1.82) is 0 Å². The van der Waals surface area contributed by atoms with Crippen molar-refractivity contribution in [2.45, 2.75) is 125 Å². The maximum absolute atomic E-state index is 14.8. The number of fused-ring (bicyclic) bond motifs is 5. The average Bonchev–Trinajstić information content (AvgIpc) is 4.07. The van der Waals surface area contributed by atoms with Crippen LogP contribution in [0, 0.1) is 5.92 Å². The van der Waals surface area contributed by atoms with Crippen molar-refractivity contribution in [3.8, 4) is 23.0 Å². The van der Waals surface area contributed by atoms with E-state index in [4.69, 9.17) is 28.6 Å². The molecule has 3 aliphatic carbocycles. The van der Waals surface area contributed by atoms with Gasteiger partial charge in [-0.3, -0.25) is 19.1 Å². The van der Waals surface area contributed by atoms with E-state index < -0.39 is 68.7 Å². The molecule has 0 bridgehead atoms. The number of sulfonamides is 1. The number of allylic oxidation sites excluding steroid dienone is 1. The van der Waals surface area contributed by atoms with E-state index in [0.717, 1.165) is 43.9 Å². The van der Waals surface area contributed by atoms with Crippen LogP contribution in [0.2, 0.25) is 0 Å². The molecule has 4 heterocycles. The average molecular weight is 869 g/mol. The summed E-state index contributed by atoms with van der Waals surface area (Å²) in [6.45, 7) is 2.34. The third-order valence-electron chi connectivity index (χ3n) is 12.6. The Morgan fingerprint density at radius 1 is 0.952 bits per heavy atom. The highest BCUT2D eigenvalue weighted by Crippen LogP contribution is 2.46. The van der Waals surface area contributed by atoms with Crippen molar-refractivity contribution in [2.24, 2.45) is 5.92 Å². The van der Waals surface area contributed by atoms with Crippen molar-refractivity contribution in [3.63, 3.8) is 0 Å². The number of hydrogen-bond acceptors (Lipinski definition) is 12. The lowest BCUT2D eigenvalue weighted by Crippen LogP contribution is -2.58. The smallest absolute Gasteiger partial charge is 0.408 e. The molecule has 1 saturated heterocycles. The van der Waals surface area contributed by atoms with E-state index in [-0.39, 0.29) is 37.0 Å². The van der Waals surface area contributed by atoms with Crippen LogP contribution >= 0.6 is 0 Å². The maximum atomic E-state index is 14.8. The highest BCUT2D eigenvalue weighted by molar-refractivity contribution is 7.91. The summed E-state index contributed by atoms with van der Waals surface area (Å²) in [5.41, 5.74) is 0.528. The molecule has 3 N–H and O–H groups in total. The van der Waals surface area contributed by atoms with Gasteiger partial charge >= 0.3 is 6.09 Å². The molecule has 2 aromatic carbocycles. The second-order valence-electron chi connectivity index (χ2n) is 17.1. The number of alkyl carbamates (subject to hydrolysis) is 1. The maximum Gasteiger partial charge on any atom is 0.408 e. The second kappa shape index (κ2) is 17.2. The van der Waals surface area contributed by atoms with Gasteiger partial charge in [0.05, 0.1) is 18.4 Å². The Kier molecular flexibility index (Phi) is 11.6. The Morgan fingerprint density at radius 2 is 1.73 bits per heavy atom. The predicted octanol–water partition coefficient (Wildman–Crippen LogP) is 5.83. The Bertz CT molecular complexity index is 2500. The molecule has 5 aliphatic rings. The minimum atomic E-state index is -3.92. The lowest BCUT2D eigenvalue weighted by Gasteiger charge is -2.30. The zero-order valence-corrected chi connectivity index (χ0v) is 35.5. The normalized spacial score (nSPS) is 25.9. The summed E-state index contributed by atoms with van der Waals surface area (Å²) in [5, 5.41) is 5.84. The summed E-state index contributed by atoms with van der Waals surface area (Å²) in [7, 11) is -3.92. The number of nitrogens with one attached hydrogen (secondary N) is 3. The highest BCUT2D eigenvalue weighted by Gasteiger charge is 2.62. The quantitative estimate of drug-likeness (QED) is 0.161. The molecule has 0 radical (unpaired) electrons. The molecule has 4 aromatic rings. The monoisotopic (exact) mass is 868 g/mol. The third kappa shape index (κ3) is 8.68. The van der Waals surface area contributed by atoms with Gasteiger partial charge in [-0.05, 0) is 108 Å². The van der Waals surface area contributed by atoms with E-state index in [1.807, 2.05) is 67.6 Å². The number of carbonyl (C=O) groups excluding carboxylic acids is 4. The van der Waals surface area contributed by atoms with Crippen LogP contribution < -0.4 is 24.8 Å². The molecule has 5 atom stereocenters. The first-order valence-electron chi connectivity index (χ1n) is 21.9. The van der Waals surface area contributed by atoms with Crippen LogP contribution in [0.4, 0.5) is 4.79 Å². The molecule has 9 rings (SSSR count). The van der Waals surface area contributed by atoms with Crippen LogP contribution in [-0.2, 0) is 29.1 Å². The minimum absolute atomic E-state index is 0.0144. The number of hydrogen-bond donors (Lipinski definition) is 3. The predicted molar refractivity (Wildman–Crippen MR) is 227 cm³/mol. The van der Waals surface area contributed by atoms with Crippen LogP contribution in [0.3, 0.4) is 0 Å². The van der Waals surface area contributed by atoms with E-state index in [1.54, 1.807) is 0 Å². The fourth-order valence-corrected chi connectivity index (χ4v) is 10.3. The first kappa shape index (κ1) is 41.6. The standard InChI is InChI=1S/C45H52N6O10S/c1-2-58-29-20-18-27(19-21-29)39-47-37-33-15-10-11-17-36(33)61-38(37)41(48-39)59-31-24-35-40(52)49-45(43(54)50-62(56,57)32-22-23-32)25-28(45)12-6-4-3-5-7-16-34(42(53)51(35)26-31)46-44(55)60-30-13-8-9-14-30/h6,10-12,15,17-21,28,30-32,34-35H,2-5,7-9,13-14,16,22-26H2,1H3,(H,46,55)(H,49,52)(H,50,54)/t28-,31-,34+,35+,45-/m1/s1. The van der Waals surface area contributed by atoms with Crippen LogP contribution in [0.15, 0.2) is 65.1 Å². The number of furan rings is 1. The summed E-state index contributed by atoms with van der Waals surface area (Å²) in [4.78, 5) is 67.7. The van der Waals surface area contributed by atoms with Crippen LogP contribution in [-0.4, -0.2) is 95.3 Å². The van der Waals surface area contributed by atoms with Gasteiger partial charge in [-0.1, -0.05) is 37.1 Å². The number of ether oxygens (including phenoxy) is 3. The second-order valence-corrected chi connectivity index (χ2v) is 19.1. The highest BCUT2D eigenvalue weighted by atomic mass is 32.2. The van der Waals surface area contributed by atoms with E-state index in [9.17, 15) is 27.6 Å². The molecular weight excluding hydrogens is 817 g/mol. The SMILES string of the molecule is CCOc1ccc(-c2nc(O[C@@H]3C[C@H]4C(=O)N[C@]5(C(=O)NS(=O)(=O)C6CC6)C[C@H]5C=CCCCCC[C@H](NC(=O)OC5CCCC5)C(=O)N4C3)c3oc4ccccc4c3n2)cc1. The molecule has 17 heteroatoms. The van der Waals surface area contributed by atoms with Gasteiger partial charge in [-0.2, -0.15) is 4.98 Å². The topological polar surface area (TPSA) is 208 Å². The van der Waals surface area contributed by atoms with Gasteiger partial charge in [0.25, 0.3) is 11.8 Å². The molecule has 16 nitrogen and oxygen atoms in total. The van der Waals surface area contributed by atoms with Gasteiger partial charge in [0.15, 0.2) is 5.82 Å². The number of benzene rings is 2. The number of aromatic nitrogens is 2. The molecule has 0 unspecified atom stereocenters. The van der Waals surface area contributed by atoms with Gasteiger partial charge in [0, 0.05) is 23.3 Å². The van der Waals surface area contributed by atoms with E-state index in [0.29, 0.717) is 66.9 Å². The zero-order valence-electron chi connectivity index (χ0n) is 34.7. The van der Waals surface area contributed by atoms with Gasteiger partial charge < -0.3 is 34.2 Å². The molecule has 4 fully saturated rings. The third-order valence-corrected chi connectivity index (χ3v) is 14.4. The summed E-state index contributed by atoms with van der Waals surface area (Å²) in [5.74, 6) is -1.24. The van der Waals surface area contributed by atoms with Gasteiger partial charge in [0.1, 0.15) is 46.7 Å². The van der Waals surface area contributed by atoms with Crippen molar-refractivity contribution < 1.29 is 46.2 Å². The number of carbonyl (C=O) groups is 4. The lowest BCUT2D eigenvalue weighted by molar-refractivity contribution is -0.141. The largest absolute Gasteiger partial charge is 0.494 e. The molecule has 2 aliphatic heterocycles. The Morgan fingerprint density at radius 3 is 2.50 bits per heavy atom. The molecule has 328 valence electrons. The van der Waals surface area contributed by atoms with Crippen molar-refractivity contribution in [1.82, 2.24) is 30.2 Å². The summed E-state index contributed by atoms with van der Waals surface area (Å²) >= 11 is 0. The Balaban J connectivity index is 1.05. The molecule has 62 heavy (non-hydrogen) atoms. The molecule has 2 aromatic heterocycles. The number of amides is 4. The minimum Gasteiger partial charge on any atom is -0.494 e. The lowest BCUT2D eigenvalue weighted by atomic mass is 10.0. The Labute approximate surface area is 359 Å². The van der Waals surface area contributed by atoms with Crippen LogP contribution in [0.25, 0.3) is 33.5 Å². The van der Waals surface area contributed by atoms with E-state index in [1.165, 1.54) is 4.90 Å². The van der Waals surface area contributed by atoms with Crippen LogP contribution in [0.1, 0.15) is 90.4 Å². The Hall–Kier alpha value is -5.71. The van der Waals surface area contributed by atoms with E-state index in [2.05, 4.69) is 15.4 Å². The van der Waals surface area contributed by atoms with E-state index >= 15 is 0 Å². The fraction of sp³-hybridized carbons (Fsp3) is 0.511. The zero-order chi connectivity index (χ0) is 43.0. The number of nitrogens with zero attached hydrogens (tertiary/aromatic N) is 3. The first-order valence-corrected chi connectivity index (χ1v) is 23.5. The van der Waals surface area contributed by atoms with Crippen LogP contribution in [0.5, 0.6) is 11.6 Å². The van der Waals surface area contributed by atoms with Crippen molar-refractivity contribution >= 4 is 55.9 Å². The van der Waals surface area contributed by atoms with Crippen molar-refractivity contribution in [3.05, 3.63) is 60.7 Å². The summed E-state index contributed by atoms with van der Waals surface area (Å²) < 4.78 is 52.5. The molecule has 4 amide bonds. The number of para-hydroxylation sites is 1.